The molecule has 1 amide bonds. The van der Waals surface area contributed by atoms with E-state index in [-0.39, 0.29) is 22.2 Å². The van der Waals surface area contributed by atoms with Crippen LogP contribution in [-0.4, -0.2) is 50.4 Å². The number of nitrogens with zero attached hydrogens (tertiary/aromatic N) is 1. The number of hydrogen-bond donors (Lipinski definition) is 2. The van der Waals surface area contributed by atoms with Gasteiger partial charge in [0, 0.05) is 18.6 Å². The lowest BCUT2D eigenvalue weighted by atomic mass is 10.1. The molecule has 1 aromatic rings. The smallest absolute Gasteiger partial charge is 0.250 e. The van der Waals surface area contributed by atoms with Gasteiger partial charge in [-0.05, 0) is 44.2 Å². The summed E-state index contributed by atoms with van der Waals surface area (Å²) in [6, 6.07) is 2.92. The molecule has 2 aliphatic rings. The molecule has 0 saturated carbocycles. The molecule has 122 valence electrons. The molecule has 8 heteroatoms. The second-order valence-electron chi connectivity index (χ2n) is 5.90. The van der Waals surface area contributed by atoms with Gasteiger partial charge in [0.05, 0.1) is 6.04 Å². The Morgan fingerprint density at radius 2 is 2.18 bits per heavy atom. The van der Waals surface area contributed by atoms with Crippen LogP contribution < -0.4 is 10.0 Å². The zero-order valence-corrected chi connectivity index (χ0v) is 14.1. The van der Waals surface area contributed by atoms with E-state index in [1.54, 1.807) is 24.4 Å². The summed E-state index contributed by atoms with van der Waals surface area (Å²) in [6.07, 6.45) is 2.95. The number of rotatable bonds is 4. The van der Waals surface area contributed by atoms with E-state index in [1.165, 1.54) is 0 Å². The first-order chi connectivity index (χ1) is 10.5. The molecule has 3 unspecified atom stereocenters. The number of fused-ring (bicyclic) bond motifs is 2. The maximum Gasteiger partial charge on any atom is 0.250 e. The van der Waals surface area contributed by atoms with Crippen LogP contribution in [0.5, 0.6) is 0 Å². The molecule has 2 N–H and O–H groups in total. The van der Waals surface area contributed by atoms with Crippen molar-refractivity contribution in [2.75, 3.05) is 13.1 Å². The fraction of sp³-hybridized carbons (Fsp3) is 0.643. The third kappa shape index (κ3) is 3.05. The average Bonchev–Trinajstić information content (AvgIpc) is 3.05. The van der Waals surface area contributed by atoms with Gasteiger partial charge in [-0.25, -0.2) is 8.42 Å². The molecule has 2 fully saturated rings. The van der Waals surface area contributed by atoms with E-state index in [9.17, 15) is 13.2 Å². The molecule has 2 saturated heterocycles. The molecule has 22 heavy (non-hydrogen) atoms. The van der Waals surface area contributed by atoms with Crippen molar-refractivity contribution >= 4 is 27.3 Å². The van der Waals surface area contributed by atoms with Crippen LogP contribution in [0.25, 0.3) is 0 Å². The Hall–Kier alpha value is -0.960. The van der Waals surface area contributed by atoms with E-state index in [0.717, 1.165) is 43.7 Å². The van der Waals surface area contributed by atoms with Crippen LogP contribution in [0.15, 0.2) is 21.7 Å². The number of carbonyl (C=O) groups excluding carboxylic acids is 1. The number of thiophene rings is 1. The molecule has 0 radical (unpaired) electrons. The highest BCUT2D eigenvalue weighted by Crippen LogP contribution is 2.28. The van der Waals surface area contributed by atoms with E-state index < -0.39 is 16.1 Å². The van der Waals surface area contributed by atoms with Gasteiger partial charge in [0.15, 0.2) is 0 Å². The summed E-state index contributed by atoms with van der Waals surface area (Å²) < 4.78 is 27.3. The maximum absolute atomic E-state index is 12.7. The summed E-state index contributed by atoms with van der Waals surface area (Å²) in [5.41, 5.74) is 0. The molecular weight excluding hydrogens is 322 g/mol. The van der Waals surface area contributed by atoms with E-state index >= 15 is 0 Å². The van der Waals surface area contributed by atoms with Crippen molar-refractivity contribution < 1.29 is 13.2 Å². The Balaban J connectivity index is 1.72. The third-order valence-corrected chi connectivity index (χ3v) is 7.31. The summed E-state index contributed by atoms with van der Waals surface area (Å²) in [4.78, 5) is 14.6. The molecule has 3 rings (SSSR count). The Labute approximate surface area is 134 Å². The highest BCUT2D eigenvalue weighted by atomic mass is 32.2. The standard InChI is InChI=1S/C14H21N3O3S2/c1-10(16-22(19,20)13-3-2-8-21-13)14(18)17-11-4-5-12(17)9-15-7-6-11/h2-3,8,10-12,15-16H,4-7,9H2,1H3. The molecule has 6 nitrogen and oxygen atoms in total. The summed E-state index contributed by atoms with van der Waals surface area (Å²) >= 11 is 1.15. The van der Waals surface area contributed by atoms with Gasteiger partial charge in [0.1, 0.15) is 4.21 Å². The van der Waals surface area contributed by atoms with Crippen LogP contribution >= 0.6 is 11.3 Å². The Morgan fingerprint density at radius 1 is 1.41 bits per heavy atom. The molecular formula is C14H21N3O3S2. The second kappa shape index (κ2) is 6.27. The van der Waals surface area contributed by atoms with Crippen LogP contribution in [0.3, 0.4) is 0 Å². The predicted molar refractivity (Wildman–Crippen MR) is 85.2 cm³/mol. The van der Waals surface area contributed by atoms with E-state index in [4.69, 9.17) is 0 Å². The largest absolute Gasteiger partial charge is 0.334 e. The first-order valence-corrected chi connectivity index (χ1v) is 9.94. The van der Waals surface area contributed by atoms with Gasteiger partial charge in [0.25, 0.3) is 10.0 Å². The summed E-state index contributed by atoms with van der Waals surface area (Å²) in [7, 11) is -3.62. The van der Waals surface area contributed by atoms with Crippen molar-refractivity contribution in [3.8, 4) is 0 Å². The molecule has 0 aliphatic carbocycles. The summed E-state index contributed by atoms with van der Waals surface area (Å²) in [5.74, 6) is -0.115. The number of sulfonamides is 1. The lowest BCUT2D eigenvalue weighted by Crippen LogP contribution is -2.51. The van der Waals surface area contributed by atoms with Crippen LogP contribution in [0.1, 0.15) is 26.2 Å². The average molecular weight is 343 g/mol. The van der Waals surface area contributed by atoms with Gasteiger partial charge in [0.2, 0.25) is 5.91 Å². The second-order valence-corrected chi connectivity index (χ2v) is 8.79. The predicted octanol–water partition coefficient (Wildman–Crippen LogP) is 0.768. The van der Waals surface area contributed by atoms with Crippen LogP contribution in [0.2, 0.25) is 0 Å². The van der Waals surface area contributed by atoms with Crippen molar-refractivity contribution in [1.82, 2.24) is 14.9 Å². The topological polar surface area (TPSA) is 78.5 Å². The van der Waals surface area contributed by atoms with Gasteiger partial charge < -0.3 is 10.2 Å². The van der Waals surface area contributed by atoms with Crippen molar-refractivity contribution in [3.05, 3.63) is 17.5 Å². The minimum atomic E-state index is -3.62. The number of amides is 1. The minimum Gasteiger partial charge on any atom is -0.334 e. The molecule has 0 spiro atoms. The van der Waals surface area contributed by atoms with Crippen molar-refractivity contribution in [2.45, 2.75) is 48.5 Å². The summed E-state index contributed by atoms with van der Waals surface area (Å²) in [5, 5.41) is 5.05. The highest BCUT2D eigenvalue weighted by molar-refractivity contribution is 7.91. The van der Waals surface area contributed by atoms with Gasteiger partial charge in [-0.3, -0.25) is 4.79 Å². The van der Waals surface area contributed by atoms with Gasteiger partial charge in [-0.1, -0.05) is 6.07 Å². The SMILES string of the molecule is CC(NS(=O)(=O)c1cccs1)C(=O)N1C2CCNCC1CC2. The molecule has 3 heterocycles. The van der Waals surface area contributed by atoms with Crippen molar-refractivity contribution in [1.29, 1.82) is 0 Å². The number of nitrogens with one attached hydrogen (secondary N) is 2. The monoisotopic (exact) mass is 343 g/mol. The maximum atomic E-state index is 12.7. The molecule has 0 aromatic carbocycles. The Kier molecular flexibility index (Phi) is 4.54. The van der Waals surface area contributed by atoms with E-state index in [2.05, 4.69) is 10.0 Å². The van der Waals surface area contributed by atoms with E-state index in [1.807, 2.05) is 4.90 Å². The van der Waals surface area contributed by atoms with Crippen molar-refractivity contribution in [2.24, 2.45) is 0 Å². The van der Waals surface area contributed by atoms with Crippen LogP contribution in [-0.2, 0) is 14.8 Å². The fourth-order valence-electron chi connectivity index (χ4n) is 3.32. The van der Waals surface area contributed by atoms with Gasteiger partial charge >= 0.3 is 0 Å². The van der Waals surface area contributed by atoms with Gasteiger partial charge in [-0.2, -0.15) is 4.72 Å². The lowest BCUT2D eigenvalue weighted by Gasteiger charge is -2.30. The van der Waals surface area contributed by atoms with E-state index in [0.29, 0.717) is 0 Å². The first kappa shape index (κ1) is 15.9. The quantitative estimate of drug-likeness (QED) is 0.846. The van der Waals surface area contributed by atoms with Crippen molar-refractivity contribution in [3.63, 3.8) is 0 Å². The van der Waals surface area contributed by atoms with Gasteiger partial charge in [-0.15, -0.1) is 11.3 Å². The third-order valence-electron chi connectivity index (χ3n) is 4.37. The molecule has 2 bridgehead atoms. The summed E-state index contributed by atoms with van der Waals surface area (Å²) in [6.45, 7) is 3.35. The molecule has 2 aliphatic heterocycles. The highest BCUT2D eigenvalue weighted by Gasteiger charge is 2.40. The lowest BCUT2D eigenvalue weighted by molar-refractivity contribution is -0.135. The Morgan fingerprint density at radius 3 is 2.91 bits per heavy atom. The number of carbonyl (C=O) groups is 1. The Bertz CT molecular complexity index is 616. The normalized spacial score (nSPS) is 26.7. The molecule has 3 atom stereocenters. The van der Waals surface area contributed by atoms with Crippen LogP contribution in [0.4, 0.5) is 0 Å². The zero-order valence-electron chi connectivity index (χ0n) is 12.5. The van der Waals surface area contributed by atoms with Crippen LogP contribution in [0, 0.1) is 0 Å². The minimum absolute atomic E-state index is 0.115. The fourth-order valence-corrected chi connectivity index (χ4v) is 5.53. The molecule has 1 aromatic heterocycles. The number of hydrogen-bond acceptors (Lipinski definition) is 5. The zero-order chi connectivity index (χ0) is 15.7. The first-order valence-electron chi connectivity index (χ1n) is 7.58.